The molecule has 0 atom stereocenters. The van der Waals surface area contributed by atoms with E-state index in [1.807, 2.05) is 6.07 Å². The van der Waals surface area contributed by atoms with Gasteiger partial charge in [-0.1, -0.05) is 12.1 Å². The van der Waals surface area contributed by atoms with Crippen molar-refractivity contribution in [3.8, 4) is 12.3 Å². The Morgan fingerprint density at radius 1 is 1.31 bits per heavy atom. The summed E-state index contributed by atoms with van der Waals surface area (Å²) in [4.78, 5) is 11.9. The van der Waals surface area contributed by atoms with E-state index in [-0.39, 0.29) is 5.78 Å². The van der Waals surface area contributed by atoms with E-state index in [1.165, 1.54) is 24.0 Å². The fourth-order valence-electron chi connectivity index (χ4n) is 2.24. The second-order valence-corrected chi connectivity index (χ2v) is 4.32. The molecule has 1 aliphatic carbocycles. The standard InChI is InChI=1S/C15H16O/c1-2-3-4-8-15(16)14-10-9-12-6-5-7-13(12)11-14/h1,9-11H,3-8H2. The molecule has 0 N–H and O–H groups in total. The molecular formula is C15H16O. The number of hydrogen-bond acceptors (Lipinski definition) is 1. The number of carbonyl (C=O) groups excluding carboxylic acids is 1. The molecule has 0 fully saturated rings. The lowest BCUT2D eigenvalue weighted by Gasteiger charge is -2.03. The first-order valence-corrected chi connectivity index (χ1v) is 5.90. The summed E-state index contributed by atoms with van der Waals surface area (Å²) in [5.74, 6) is 2.79. The fourth-order valence-corrected chi connectivity index (χ4v) is 2.24. The Balaban J connectivity index is 2.04. The Hall–Kier alpha value is -1.55. The van der Waals surface area contributed by atoms with Crippen molar-refractivity contribution in [3.63, 3.8) is 0 Å². The second kappa shape index (κ2) is 4.99. The summed E-state index contributed by atoms with van der Waals surface area (Å²) in [5.41, 5.74) is 3.64. The Morgan fingerprint density at radius 2 is 2.12 bits per heavy atom. The van der Waals surface area contributed by atoms with E-state index in [0.717, 1.165) is 18.4 Å². The lowest BCUT2D eigenvalue weighted by molar-refractivity contribution is 0.0980. The molecule has 0 aromatic heterocycles. The number of rotatable bonds is 4. The average molecular weight is 212 g/mol. The minimum Gasteiger partial charge on any atom is -0.294 e. The highest BCUT2D eigenvalue weighted by Gasteiger charge is 2.13. The predicted octanol–water partition coefficient (Wildman–Crippen LogP) is 3.16. The van der Waals surface area contributed by atoms with Crippen LogP contribution in [0.4, 0.5) is 0 Å². The van der Waals surface area contributed by atoms with Gasteiger partial charge in [-0.15, -0.1) is 12.3 Å². The Bertz CT molecular complexity index is 437. The lowest BCUT2D eigenvalue weighted by Crippen LogP contribution is -2.00. The summed E-state index contributed by atoms with van der Waals surface area (Å²) in [6.45, 7) is 0. The third-order valence-corrected chi connectivity index (χ3v) is 3.15. The normalized spacial score (nSPS) is 13.2. The molecule has 0 spiro atoms. The summed E-state index contributed by atoms with van der Waals surface area (Å²) in [6.07, 6.45) is 10.7. The predicted molar refractivity (Wildman–Crippen MR) is 65.5 cm³/mol. The van der Waals surface area contributed by atoms with Gasteiger partial charge in [0, 0.05) is 18.4 Å². The first kappa shape index (κ1) is 11.0. The second-order valence-electron chi connectivity index (χ2n) is 4.32. The minimum atomic E-state index is 0.227. The highest BCUT2D eigenvalue weighted by molar-refractivity contribution is 5.96. The maximum atomic E-state index is 11.9. The third-order valence-electron chi connectivity index (χ3n) is 3.15. The van der Waals surface area contributed by atoms with Crippen LogP contribution < -0.4 is 0 Å². The molecule has 0 amide bonds. The smallest absolute Gasteiger partial charge is 0.162 e. The van der Waals surface area contributed by atoms with Crippen LogP contribution in [0.1, 0.15) is 47.2 Å². The van der Waals surface area contributed by atoms with Gasteiger partial charge in [-0.2, -0.15) is 0 Å². The van der Waals surface area contributed by atoms with E-state index in [2.05, 4.69) is 18.1 Å². The van der Waals surface area contributed by atoms with E-state index >= 15 is 0 Å². The van der Waals surface area contributed by atoms with Gasteiger partial charge in [0.2, 0.25) is 0 Å². The van der Waals surface area contributed by atoms with Crippen molar-refractivity contribution >= 4 is 5.78 Å². The van der Waals surface area contributed by atoms with Crippen LogP contribution in [-0.4, -0.2) is 5.78 Å². The molecule has 2 rings (SSSR count). The third kappa shape index (κ3) is 2.33. The van der Waals surface area contributed by atoms with Gasteiger partial charge in [0.05, 0.1) is 0 Å². The topological polar surface area (TPSA) is 17.1 Å². The molecule has 1 aliphatic rings. The number of ketones is 1. The molecular weight excluding hydrogens is 196 g/mol. The Kier molecular flexibility index (Phi) is 3.41. The molecule has 1 aromatic carbocycles. The quantitative estimate of drug-likeness (QED) is 0.425. The van der Waals surface area contributed by atoms with Crippen LogP contribution >= 0.6 is 0 Å². The summed E-state index contributed by atoms with van der Waals surface area (Å²) in [7, 11) is 0. The molecule has 0 heterocycles. The number of hydrogen-bond donors (Lipinski definition) is 0. The number of terminal acetylenes is 1. The molecule has 16 heavy (non-hydrogen) atoms. The number of benzene rings is 1. The zero-order chi connectivity index (χ0) is 11.4. The highest BCUT2D eigenvalue weighted by atomic mass is 16.1. The van der Waals surface area contributed by atoms with Crippen molar-refractivity contribution in [1.82, 2.24) is 0 Å². The summed E-state index contributed by atoms with van der Waals surface area (Å²) >= 11 is 0. The molecule has 1 nitrogen and oxygen atoms in total. The highest BCUT2D eigenvalue weighted by Crippen LogP contribution is 2.23. The number of aryl methyl sites for hydroxylation is 2. The molecule has 0 radical (unpaired) electrons. The maximum absolute atomic E-state index is 11.9. The number of Topliss-reactive ketones (excluding diaryl/α,β-unsaturated/α-hetero) is 1. The largest absolute Gasteiger partial charge is 0.294 e. The molecule has 0 bridgehead atoms. The lowest BCUT2D eigenvalue weighted by atomic mass is 10.0. The van der Waals surface area contributed by atoms with Crippen LogP contribution in [0.5, 0.6) is 0 Å². The first-order valence-electron chi connectivity index (χ1n) is 5.90. The van der Waals surface area contributed by atoms with E-state index in [9.17, 15) is 4.79 Å². The minimum absolute atomic E-state index is 0.227. The van der Waals surface area contributed by atoms with Gasteiger partial charge in [0.15, 0.2) is 5.78 Å². The molecule has 1 heteroatoms. The van der Waals surface area contributed by atoms with E-state index in [0.29, 0.717) is 12.8 Å². The molecule has 1 aromatic rings. The van der Waals surface area contributed by atoms with Crippen molar-refractivity contribution in [2.45, 2.75) is 38.5 Å². The van der Waals surface area contributed by atoms with Crippen LogP contribution in [0.15, 0.2) is 18.2 Å². The number of carbonyl (C=O) groups is 1. The van der Waals surface area contributed by atoms with Crippen LogP contribution in [0, 0.1) is 12.3 Å². The van der Waals surface area contributed by atoms with Gasteiger partial charge >= 0.3 is 0 Å². The SMILES string of the molecule is C#CCCCC(=O)c1ccc2c(c1)CCC2. The maximum Gasteiger partial charge on any atom is 0.162 e. The van der Waals surface area contributed by atoms with Gasteiger partial charge in [-0.05, 0) is 42.9 Å². The molecule has 82 valence electrons. The van der Waals surface area contributed by atoms with Crippen LogP contribution in [0.25, 0.3) is 0 Å². The van der Waals surface area contributed by atoms with E-state index in [4.69, 9.17) is 6.42 Å². The fraction of sp³-hybridized carbons (Fsp3) is 0.400. The zero-order valence-corrected chi connectivity index (χ0v) is 9.46. The summed E-state index contributed by atoms with van der Waals surface area (Å²) < 4.78 is 0. The van der Waals surface area contributed by atoms with Crippen LogP contribution in [-0.2, 0) is 12.8 Å². The van der Waals surface area contributed by atoms with Gasteiger partial charge in [0.25, 0.3) is 0 Å². The number of fused-ring (bicyclic) bond motifs is 1. The Morgan fingerprint density at radius 3 is 2.94 bits per heavy atom. The van der Waals surface area contributed by atoms with E-state index in [1.54, 1.807) is 0 Å². The van der Waals surface area contributed by atoms with Gasteiger partial charge in [-0.3, -0.25) is 4.79 Å². The van der Waals surface area contributed by atoms with Crippen molar-refractivity contribution in [3.05, 3.63) is 34.9 Å². The molecule has 0 saturated carbocycles. The molecule has 0 aliphatic heterocycles. The first-order chi connectivity index (χ1) is 7.81. The van der Waals surface area contributed by atoms with Gasteiger partial charge in [-0.25, -0.2) is 0 Å². The van der Waals surface area contributed by atoms with Gasteiger partial charge in [0.1, 0.15) is 0 Å². The summed E-state index contributed by atoms with van der Waals surface area (Å²) in [5, 5.41) is 0. The van der Waals surface area contributed by atoms with Crippen molar-refractivity contribution < 1.29 is 4.79 Å². The van der Waals surface area contributed by atoms with Crippen LogP contribution in [0.3, 0.4) is 0 Å². The van der Waals surface area contributed by atoms with Crippen molar-refractivity contribution in [1.29, 1.82) is 0 Å². The Labute approximate surface area is 96.9 Å². The molecule has 0 unspecified atom stereocenters. The van der Waals surface area contributed by atoms with Crippen LogP contribution in [0.2, 0.25) is 0 Å². The number of unbranched alkanes of at least 4 members (excludes halogenated alkanes) is 1. The van der Waals surface area contributed by atoms with Gasteiger partial charge < -0.3 is 0 Å². The monoisotopic (exact) mass is 212 g/mol. The zero-order valence-electron chi connectivity index (χ0n) is 9.46. The summed E-state index contributed by atoms with van der Waals surface area (Å²) in [6, 6.07) is 6.14. The van der Waals surface area contributed by atoms with E-state index < -0.39 is 0 Å². The van der Waals surface area contributed by atoms with Crippen molar-refractivity contribution in [2.75, 3.05) is 0 Å². The van der Waals surface area contributed by atoms with Crippen molar-refractivity contribution in [2.24, 2.45) is 0 Å². The average Bonchev–Trinajstić information content (AvgIpc) is 2.76. The molecule has 0 saturated heterocycles.